The zero-order valence-corrected chi connectivity index (χ0v) is 12.0. The van der Waals surface area contributed by atoms with E-state index in [1.807, 2.05) is 0 Å². The highest BCUT2D eigenvalue weighted by Crippen LogP contribution is 2.25. The van der Waals surface area contributed by atoms with Gasteiger partial charge in [-0.3, -0.25) is 25.0 Å². The molecule has 1 atom stereocenters. The van der Waals surface area contributed by atoms with E-state index in [2.05, 4.69) is 20.7 Å². The summed E-state index contributed by atoms with van der Waals surface area (Å²) in [6, 6.07) is 3.52. The van der Waals surface area contributed by atoms with Crippen LogP contribution in [0.3, 0.4) is 0 Å². The van der Waals surface area contributed by atoms with Crippen LogP contribution in [0.25, 0.3) is 0 Å². The highest BCUT2D eigenvalue weighted by Gasteiger charge is 2.32. The van der Waals surface area contributed by atoms with Crippen LogP contribution >= 0.6 is 0 Å². The van der Waals surface area contributed by atoms with Gasteiger partial charge >= 0.3 is 0 Å². The first-order chi connectivity index (χ1) is 11.0. The summed E-state index contributed by atoms with van der Waals surface area (Å²) in [7, 11) is 0. The number of anilines is 2. The molecular formula is C13H12N6O4. The molecule has 1 aliphatic heterocycles. The molecule has 0 spiro atoms. The lowest BCUT2D eigenvalue weighted by Crippen LogP contribution is -2.36. The number of nitrogens with zero attached hydrogens (tertiary/aromatic N) is 4. The number of nitro benzene ring substituents is 1. The fourth-order valence-electron chi connectivity index (χ4n) is 2.32. The van der Waals surface area contributed by atoms with E-state index in [0.717, 1.165) is 0 Å². The lowest BCUT2D eigenvalue weighted by atomic mass is 10.1. The number of nitro groups is 1. The standard InChI is InChI=1S/C13H12N6O4/c1-7-2-3-8(4-9(7)19(22)23)16-12(21)10-5-11(20)17-13-14-6-15-18(10)13/h2-4,6,10H,5H2,1H3,(H,16,21)(H,14,15,17,20)/t10-/m0/s1. The van der Waals surface area contributed by atoms with E-state index in [4.69, 9.17) is 0 Å². The number of rotatable bonds is 3. The molecule has 2 amide bonds. The summed E-state index contributed by atoms with van der Waals surface area (Å²) < 4.78 is 1.30. The maximum absolute atomic E-state index is 12.4. The third kappa shape index (κ3) is 2.73. The number of aromatic nitrogens is 3. The second kappa shape index (κ2) is 5.48. The van der Waals surface area contributed by atoms with E-state index in [-0.39, 0.29) is 29.7 Å². The molecule has 0 radical (unpaired) electrons. The van der Waals surface area contributed by atoms with Crippen molar-refractivity contribution in [3.05, 3.63) is 40.2 Å². The lowest BCUT2D eigenvalue weighted by Gasteiger charge is -2.22. The van der Waals surface area contributed by atoms with E-state index < -0.39 is 16.9 Å². The number of amides is 2. The Labute approximate surface area is 129 Å². The van der Waals surface area contributed by atoms with Gasteiger partial charge < -0.3 is 5.32 Å². The van der Waals surface area contributed by atoms with E-state index in [9.17, 15) is 19.7 Å². The SMILES string of the molecule is Cc1ccc(NC(=O)[C@@H]2CC(=O)Nc3ncnn32)cc1[N+](=O)[O-]. The van der Waals surface area contributed by atoms with Crippen LogP contribution in [0.4, 0.5) is 17.3 Å². The van der Waals surface area contributed by atoms with Gasteiger partial charge in [0.15, 0.2) is 0 Å². The van der Waals surface area contributed by atoms with Crippen LogP contribution < -0.4 is 10.6 Å². The van der Waals surface area contributed by atoms with E-state index in [1.165, 1.54) is 17.1 Å². The third-order valence-electron chi connectivity index (χ3n) is 3.47. The molecule has 1 aliphatic rings. The second-order valence-corrected chi connectivity index (χ2v) is 5.04. The molecule has 10 heteroatoms. The Bertz CT molecular complexity index is 815. The van der Waals surface area contributed by atoms with Gasteiger partial charge in [-0.25, -0.2) is 4.68 Å². The first-order valence-corrected chi connectivity index (χ1v) is 6.71. The van der Waals surface area contributed by atoms with E-state index in [0.29, 0.717) is 5.56 Å². The Morgan fingerprint density at radius 1 is 1.52 bits per heavy atom. The minimum absolute atomic E-state index is 0.0872. The third-order valence-corrected chi connectivity index (χ3v) is 3.47. The molecule has 2 N–H and O–H groups in total. The van der Waals surface area contributed by atoms with Crippen molar-refractivity contribution in [2.24, 2.45) is 0 Å². The molecule has 0 saturated heterocycles. The Morgan fingerprint density at radius 3 is 3.04 bits per heavy atom. The van der Waals surface area contributed by atoms with Gasteiger partial charge in [-0.1, -0.05) is 6.07 Å². The monoisotopic (exact) mass is 316 g/mol. The normalized spacial score (nSPS) is 16.4. The molecule has 0 unspecified atom stereocenters. The Kier molecular flexibility index (Phi) is 3.48. The fourth-order valence-corrected chi connectivity index (χ4v) is 2.32. The average molecular weight is 316 g/mol. The van der Waals surface area contributed by atoms with Crippen LogP contribution in [0.5, 0.6) is 0 Å². The molecule has 0 saturated carbocycles. The van der Waals surface area contributed by atoms with Crippen molar-refractivity contribution in [3.63, 3.8) is 0 Å². The summed E-state index contributed by atoms with van der Waals surface area (Å²) in [6.45, 7) is 1.61. The summed E-state index contributed by atoms with van der Waals surface area (Å²) in [5.41, 5.74) is 0.675. The smallest absolute Gasteiger partial charge is 0.274 e. The molecule has 0 fully saturated rings. The van der Waals surface area contributed by atoms with Gasteiger partial charge in [0, 0.05) is 17.3 Å². The molecule has 1 aromatic heterocycles. The number of nitrogens with one attached hydrogen (secondary N) is 2. The summed E-state index contributed by atoms with van der Waals surface area (Å²) in [4.78, 5) is 38.3. The number of benzene rings is 1. The maximum atomic E-state index is 12.4. The minimum Gasteiger partial charge on any atom is -0.324 e. The Balaban J connectivity index is 1.85. The molecule has 10 nitrogen and oxygen atoms in total. The van der Waals surface area contributed by atoms with Gasteiger partial charge in [0.2, 0.25) is 17.8 Å². The highest BCUT2D eigenvalue weighted by molar-refractivity contribution is 6.00. The summed E-state index contributed by atoms with van der Waals surface area (Å²) in [5, 5.41) is 19.9. The van der Waals surface area contributed by atoms with Crippen LogP contribution in [-0.4, -0.2) is 31.5 Å². The first kappa shape index (κ1) is 14.6. The van der Waals surface area contributed by atoms with Gasteiger partial charge in [0.05, 0.1) is 11.3 Å². The summed E-state index contributed by atoms with van der Waals surface area (Å²) in [6.07, 6.45) is 1.15. The molecule has 0 aliphatic carbocycles. The lowest BCUT2D eigenvalue weighted by molar-refractivity contribution is -0.385. The summed E-state index contributed by atoms with van der Waals surface area (Å²) in [5.74, 6) is -0.651. The van der Waals surface area contributed by atoms with Crippen molar-refractivity contribution in [2.45, 2.75) is 19.4 Å². The van der Waals surface area contributed by atoms with Crippen molar-refractivity contribution < 1.29 is 14.5 Å². The maximum Gasteiger partial charge on any atom is 0.274 e. The van der Waals surface area contributed by atoms with Crippen LogP contribution in [0.1, 0.15) is 18.0 Å². The van der Waals surface area contributed by atoms with Crippen LogP contribution in [0, 0.1) is 17.0 Å². The number of hydrogen-bond acceptors (Lipinski definition) is 6. The molecule has 23 heavy (non-hydrogen) atoms. The predicted octanol–water partition coefficient (Wildman–Crippen LogP) is 1.02. The first-order valence-electron chi connectivity index (χ1n) is 6.71. The van der Waals surface area contributed by atoms with Crippen LogP contribution in [-0.2, 0) is 9.59 Å². The molecule has 2 heterocycles. The Morgan fingerprint density at radius 2 is 2.30 bits per heavy atom. The van der Waals surface area contributed by atoms with Gasteiger partial charge in [-0.2, -0.15) is 10.1 Å². The molecule has 3 rings (SSSR count). The predicted molar refractivity (Wildman–Crippen MR) is 78.8 cm³/mol. The zero-order valence-electron chi connectivity index (χ0n) is 12.0. The zero-order chi connectivity index (χ0) is 16.6. The molecule has 1 aromatic carbocycles. The number of hydrogen-bond donors (Lipinski definition) is 2. The van der Waals surface area contributed by atoms with Gasteiger partial charge in [0.25, 0.3) is 5.69 Å². The topological polar surface area (TPSA) is 132 Å². The van der Waals surface area contributed by atoms with Gasteiger partial charge in [0.1, 0.15) is 12.4 Å². The van der Waals surface area contributed by atoms with Crippen molar-refractivity contribution in [1.82, 2.24) is 14.8 Å². The average Bonchev–Trinajstić information content (AvgIpc) is 2.96. The van der Waals surface area contributed by atoms with Gasteiger partial charge in [-0.15, -0.1) is 0 Å². The number of aryl methyl sites for hydroxylation is 1. The second-order valence-electron chi connectivity index (χ2n) is 5.04. The van der Waals surface area contributed by atoms with Crippen molar-refractivity contribution in [2.75, 3.05) is 10.6 Å². The number of fused-ring (bicyclic) bond motifs is 1. The number of carbonyl (C=O) groups is 2. The molecule has 118 valence electrons. The molecular weight excluding hydrogens is 304 g/mol. The van der Waals surface area contributed by atoms with Crippen molar-refractivity contribution >= 4 is 29.1 Å². The highest BCUT2D eigenvalue weighted by atomic mass is 16.6. The van der Waals surface area contributed by atoms with Crippen LogP contribution in [0.15, 0.2) is 24.5 Å². The summed E-state index contributed by atoms with van der Waals surface area (Å²) >= 11 is 0. The van der Waals surface area contributed by atoms with Crippen molar-refractivity contribution in [3.8, 4) is 0 Å². The van der Waals surface area contributed by atoms with E-state index >= 15 is 0 Å². The largest absolute Gasteiger partial charge is 0.324 e. The van der Waals surface area contributed by atoms with Crippen LogP contribution in [0.2, 0.25) is 0 Å². The molecule has 2 aromatic rings. The van der Waals surface area contributed by atoms with Crippen molar-refractivity contribution in [1.29, 1.82) is 0 Å². The van der Waals surface area contributed by atoms with E-state index in [1.54, 1.807) is 19.1 Å². The van der Waals surface area contributed by atoms with Gasteiger partial charge in [-0.05, 0) is 13.0 Å². The quantitative estimate of drug-likeness (QED) is 0.641. The fraction of sp³-hybridized carbons (Fsp3) is 0.231. The minimum atomic E-state index is -0.860. The molecule has 0 bridgehead atoms. The number of carbonyl (C=O) groups excluding carboxylic acids is 2. The Hall–Kier alpha value is -3.30.